The van der Waals surface area contributed by atoms with Crippen LogP contribution < -0.4 is 5.32 Å². The number of aromatic nitrogens is 1. The van der Waals surface area contributed by atoms with Crippen molar-refractivity contribution in [2.75, 3.05) is 0 Å². The van der Waals surface area contributed by atoms with Crippen molar-refractivity contribution in [1.29, 1.82) is 0 Å². The van der Waals surface area contributed by atoms with Crippen molar-refractivity contribution in [3.63, 3.8) is 0 Å². The zero-order valence-electron chi connectivity index (χ0n) is 14.8. The third-order valence-corrected chi connectivity index (χ3v) is 4.14. The molecule has 2 rings (SSSR count). The molecule has 1 amide bonds. The van der Waals surface area contributed by atoms with Gasteiger partial charge in [-0.1, -0.05) is 64.0 Å². The third kappa shape index (κ3) is 4.21. The Balaban J connectivity index is 2.14. The van der Waals surface area contributed by atoms with Crippen LogP contribution in [0.4, 0.5) is 0 Å². The van der Waals surface area contributed by atoms with Crippen LogP contribution in [-0.4, -0.2) is 17.1 Å². The maximum absolute atomic E-state index is 12.2. The van der Waals surface area contributed by atoms with E-state index in [2.05, 4.69) is 57.2 Å². The quantitative estimate of drug-likeness (QED) is 0.909. The lowest BCUT2D eigenvalue weighted by molar-refractivity contribution is 0.0921. The monoisotopic (exact) mass is 314 g/mol. The summed E-state index contributed by atoms with van der Waals surface area (Å²) in [6.07, 6.45) is 0. The fourth-order valence-corrected chi connectivity index (χ4v) is 2.10. The van der Waals surface area contributed by atoms with E-state index in [-0.39, 0.29) is 17.4 Å². The molecular weight excluding hydrogens is 288 g/mol. The molecule has 1 atom stereocenters. The Morgan fingerprint density at radius 1 is 1.13 bits per heavy atom. The summed E-state index contributed by atoms with van der Waals surface area (Å²) in [6, 6.07) is 9.94. The minimum Gasteiger partial charge on any atom is -0.355 e. The average Bonchev–Trinajstić information content (AvgIpc) is 2.96. The van der Waals surface area contributed by atoms with E-state index in [1.807, 2.05) is 19.1 Å². The van der Waals surface area contributed by atoms with Gasteiger partial charge in [-0.15, -0.1) is 0 Å². The van der Waals surface area contributed by atoms with Crippen LogP contribution in [0, 0.1) is 5.92 Å². The van der Waals surface area contributed by atoms with Crippen LogP contribution in [0.3, 0.4) is 0 Å². The zero-order chi connectivity index (χ0) is 17.2. The fourth-order valence-electron chi connectivity index (χ4n) is 2.10. The number of benzene rings is 1. The van der Waals surface area contributed by atoms with Gasteiger partial charge >= 0.3 is 0 Å². The summed E-state index contributed by atoms with van der Waals surface area (Å²) >= 11 is 0. The highest BCUT2D eigenvalue weighted by Gasteiger charge is 2.18. The Labute approximate surface area is 138 Å². The standard InChI is InChI=1S/C19H26N2O2/c1-12(2)13(3)20-18(22)16-11-17(23-21-16)14-7-9-15(10-8-14)19(4,5)6/h7-13H,1-6H3,(H,20,22). The largest absolute Gasteiger partial charge is 0.355 e. The highest BCUT2D eigenvalue weighted by Crippen LogP contribution is 2.26. The van der Waals surface area contributed by atoms with Gasteiger partial charge in [-0.3, -0.25) is 4.79 Å². The van der Waals surface area contributed by atoms with Crippen molar-refractivity contribution in [2.45, 2.75) is 53.0 Å². The predicted molar refractivity (Wildman–Crippen MR) is 92.4 cm³/mol. The molecule has 4 nitrogen and oxygen atoms in total. The van der Waals surface area contributed by atoms with Crippen LogP contribution in [-0.2, 0) is 5.41 Å². The van der Waals surface area contributed by atoms with Crippen LogP contribution in [0.25, 0.3) is 11.3 Å². The van der Waals surface area contributed by atoms with E-state index in [0.717, 1.165) is 5.56 Å². The van der Waals surface area contributed by atoms with E-state index in [1.165, 1.54) is 5.56 Å². The van der Waals surface area contributed by atoms with Gasteiger partial charge in [0.05, 0.1) is 0 Å². The molecule has 1 aromatic carbocycles. The van der Waals surface area contributed by atoms with Crippen LogP contribution in [0.2, 0.25) is 0 Å². The molecule has 23 heavy (non-hydrogen) atoms. The third-order valence-electron chi connectivity index (χ3n) is 4.14. The summed E-state index contributed by atoms with van der Waals surface area (Å²) in [5.74, 6) is 0.774. The van der Waals surface area contributed by atoms with Gasteiger partial charge in [0.1, 0.15) is 0 Å². The van der Waals surface area contributed by atoms with Crippen LogP contribution in [0.5, 0.6) is 0 Å². The zero-order valence-corrected chi connectivity index (χ0v) is 14.8. The second-order valence-electron chi connectivity index (χ2n) is 7.41. The van der Waals surface area contributed by atoms with E-state index in [1.54, 1.807) is 6.07 Å². The molecule has 2 aromatic rings. The second kappa shape index (κ2) is 6.57. The first-order valence-corrected chi connectivity index (χ1v) is 8.07. The smallest absolute Gasteiger partial charge is 0.273 e. The van der Waals surface area contributed by atoms with Gasteiger partial charge in [-0.25, -0.2) is 0 Å². The topological polar surface area (TPSA) is 55.1 Å². The Morgan fingerprint density at radius 2 is 1.74 bits per heavy atom. The highest BCUT2D eigenvalue weighted by molar-refractivity contribution is 5.93. The summed E-state index contributed by atoms with van der Waals surface area (Å²) in [5.41, 5.74) is 2.59. The van der Waals surface area contributed by atoms with Gasteiger partial charge in [0.15, 0.2) is 11.5 Å². The SMILES string of the molecule is CC(C)C(C)NC(=O)c1cc(-c2ccc(C(C)(C)C)cc2)on1. The molecule has 0 saturated carbocycles. The molecule has 0 aliphatic rings. The van der Waals surface area contributed by atoms with E-state index in [9.17, 15) is 4.79 Å². The van der Waals surface area contributed by atoms with Crippen molar-refractivity contribution in [1.82, 2.24) is 10.5 Å². The number of nitrogens with zero attached hydrogens (tertiary/aromatic N) is 1. The molecule has 4 heteroatoms. The summed E-state index contributed by atoms with van der Waals surface area (Å²) in [4.78, 5) is 12.2. The van der Waals surface area contributed by atoms with Gasteiger partial charge < -0.3 is 9.84 Å². The number of carbonyl (C=O) groups is 1. The average molecular weight is 314 g/mol. The normalized spacial score (nSPS) is 13.2. The van der Waals surface area contributed by atoms with Gasteiger partial charge in [0.25, 0.3) is 5.91 Å². The first-order valence-electron chi connectivity index (χ1n) is 8.07. The van der Waals surface area contributed by atoms with Crippen molar-refractivity contribution >= 4 is 5.91 Å². The number of carbonyl (C=O) groups excluding carboxylic acids is 1. The summed E-state index contributed by atoms with van der Waals surface area (Å²) in [7, 11) is 0. The van der Waals surface area contributed by atoms with Gasteiger partial charge in [-0.05, 0) is 23.8 Å². The first-order chi connectivity index (χ1) is 10.7. The van der Waals surface area contributed by atoms with E-state index >= 15 is 0 Å². The molecule has 0 bridgehead atoms. The predicted octanol–water partition coefficient (Wildman–Crippen LogP) is 4.41. The summed E-state index contributed by atoms with van der Waals surface area (Å²) in [5, 5.41) is 6.82. The molecular formula is C19H26N2O2. The van der Waals surface area contributed by atoms with Crippen LogP contribution in [0.15, 0.2) is 34.9 Å². The molecule has 1 unspecified atom stereocenters. The van der Waals surface area contributed by atoms with Gasteiger partial charge in [0.2, 0.25) is 0 Å². The first kappa shape index (κ1) is 17.3. The number of rotatable bonds is 4. The lowest BCUT2D eigenvalue weighted by Gasteiger charge is -2.18. The molecule has 0 aliphatic carbocycles. The highest BCUT2D eigenvalue weighted by atomic mass is 16.5. The molecule has 1 heterocycles. The van der Waals surface area contributed by atoms with Crippen molar-refractivity contribution in [3.8, 4) is 11.3 Å². The molecule has 0 aliphatic heterocycles. The number of amides is 1. The van der Waals surface area contributed by atoms with Gasteiger partial charge in [0, 0.05) is 17.7 Å². The van der Waals surface area contributed by atoms with Crippen molar-refractivity contribution in [3.05, 3.63) is 41.6 Å². The number of hydrogen-bond donors (Lipinski definition) is 1. The van der Waals surface area contributed by atoms with Crippen LogP contribution in [0.1, 0.15) is 57.6 Å². The van der Waals surface area contributed by atoms with Crippen LogP contribution >= 0.6 is 0 Å². The number of hydrogen-bond acceptors (Lipinski definition) is 3. The lowest BCUT2D eigenvalue weighted by Crippen LogP contribution is -2.36. The minimum absolute atomic E-state index is 0.0914. The summed E-state index contributed by atoms with van der Waals surface area (Å²) < 4.78 is 5.33. The van der Waals surface area contributed by atoms with Crippen molar-refractivity contribution in [2.24, 2.45) is 5.92 Å². The maximum atomic E-state index is 12.2. The molecule has 1 aromatic heterocycles. The molecule has 0 spiro atoms. The number of nitrogens with one attached hydrogen (secondary N) is 1. The van der Waals surface area contributed by atoms with Crippen molar-refractivity contribution < 1.29 is 9.32 Å². The summed E-state index contributed by atoms with van der Waals surface area (Å²) in [6.45, 7) is 12.6. The molecule has 0 fully saturated rings. The fraction of sp³-hybridized carbons (Fsp3) is 0.474. The molecule has 1 N–H and O–H groups in total. The van der Waals surface area contributed by atoms with Gasteiger partial charge in [-0.2, -0.15) is 0 Å². The maximum Gasteiger partial charge on any atom is 0.273 e. The minimum atomic E-state index is -0.201. The van der Waals surface area contributed by atoms with E-state index < -0.39 is 0 Å². The Kier molecular flexibility index (Phi) is 4.93. The Bertz CT molecular complexity index is 663. The second-order valence-corrected chi connectivity index (χ2v) is 7.41. The van der Waals surface area contributed by atoms with E-state index in [0.29, 0.717) is 17.4 Å². The van der Waals surface area contributed by atoms with E-state index in [4.69, 9.17) is 4.52 Å². The Hall–Kier alpha value is -2.10. The molecule has 124 valence electrons. The lowest BCUT2D eigenvalue weighted by atomic mass is 9.86. The Morgan fingerprint density at radius 3 is 2.26 bits per heavy atom. The molecule has 0 saturated heterocycles. The molecule has 0 radical (unpaired) electrons.